The summed E-state index contributed by atoms with van der Waals surface area (Å²) in [5.74, 6) is 0. The Hall–Kier alpha value is -3.03. The lowest BCUT2D eigenvalue weighted by Crippen LogP contribution is -2.31. The second kappa shape index (κ2) is 7.77. The predicted molar refractivity (Wildman–Crippen MR) is 113 cm³/mol. The zero-order valence-electron chi connectivity index (χ0n) is 16.5. The molecule has 1 saturated heterocycles. The van der Waals surface area contributed by atoms with E-state index in [9.17, 15) is 10.1 Å². The first-order valence-corrected chi connectivity index (χ1v) is 9.79. The molecule has 0 bridgehead atoms. The fourth-order valence-corrected chi connectivity index (χ4v) is 3.89. The van der Waals surface area contributed by atoms with Crippen LogP contribution in [0.15, 0.2) is 60.8 Å². The van der Waals surface area contributed by atoms with Crippen LogP contribution in [0.4, 0.5) is 5.69 Å². The van der Waals surface area contributed by atoms with Crippen LogP contribution in [0.1, 0.15) is 18.9 Å². The van der Waals surface area contributed by atoms with Gasteiger partial charge in [-0.2, -0.15) is 5.10 Å². The fraction of sp³-hybridized carbons (Fsp3) is 0.318. The molecule has 1 atom stereocenters. The Morgan fingerprint density at radius 1 is 1.17 bits per heavy atom. The highest BCUT2D eigenvalue weighted by Crippen LogP contribution is 2.32. The average Bonchev–Trinajstić information content (AvgIpc) is 3.33. The van der Waals surface area contributed by atoms with Crippen LogP contribution in [0.3, 0.4) is 0 Å². The summed E-state index contributed by atoms with van der Waals surface area (Å²) in [7, 11) is 0. The summed E-state index contributed by atoms with van der Waals surface area (Å²) in [4.78, 5) is 13.0. The molecule has 0 aliphatic carbocycles. The molecule has 1 aromatic heterocycles. The van der Waals surface area contributed by atoms with Gasteiger partial charge in [0.15, 0.2) is 0 Å². The van der Waals surface area contributed by atoms with E-state index in [4.69, 9.17) is 10.8 Å². The Kier molecular flexibility index (Phi) is 5.17. The minimum absolute atomic E-state index is 0.0797. The van der Waals surface area contributed by atoms with E-state index in [0.717, 1.165) is 48.6 Å². The SMILES string of the molecule is CC1(CN)CCN(Cc2cn(-c3ccccc3)nc2-c2ccc([N+](=O)[O-])cc2)C1. The number of nitro benzene ring substituents is 1. The number of nitrogens with two attached hydrogens (primary N) is 1. The van der Waals surface area contributed by atoms with Crippen LogP contribution in [0, 0.1) is 15.5 Å². The van der Waals surface area contributed by atoms with E-state index >= 15 is 0 Å². The molecule has 0 amide bonds. The van der Waals surface area contributed by atoms with Crippen LogP contribution < -0.4 is 5.73 Å². The normalized spacial score (nSPS) is 19.5. The van der Waals surface area contributed by atoms with Crippen LogP contribution in [-0.4, -0.2) is 39.2 Å². The second-order valence-corrected chi connectivity index (χ2v) is 8.06. The number of hydrogen-bond donors (Lipinski definition) is 1. The number of para-hydroxylation sites is 1. The van der Waals surface area contributed by atoms with Gasteiger partial charge >= 0.3 is 0 Å². The first kappa shape index (κ1) is 19.3. The van der Waals surface area contributed by atoms with Crippen molar-refractivity contribution in [2.24, 2.45) is 11.1 Å². The zero-order valence-corrected chi connectivity index (χ0v) is 16.5. The molecule has 150 valence electrons. The maximum absolute atomic E-state index is 11.0. The van der Waals surface area contributed by atoms with Crippen molar-refractivity contribution in [3.8, 4) is 16.9 Å². The van der Waals surface area contributed by atoms with Gasteiger partial charge < -0.3 is 5.73 Å². The molecule has 1 fully saturated rings. The molecule has 0 spiro atoms. The van der Waals surface area contributed by atoms with Gasteiger partial charge in [0, 0.05) is 42.5 Å². The molecule has 29 heavy (non-hydrogen) atoms. The van der Waals surface area contributed by atoms with Crippen molar-refractivity contribution in [3.63, 3.8) is 0 Å². The molecule has 0 radical (unpaired) electrons. The summed E-state index contributed by atoms with van der Waals surface area (Å²) < 4.78 is 1.88. The molecule has 4 rings (SSSR count). The lowest BCUT2D eigenvalue weighted by molar-refractivity contribution is -0.384. The van der Waals surface area contributed by atoms with Crippen LogP contribution >= 0.6 is 0 Å². The highest BCUT2D eigenvalue weighted by molar-refractivity contribution is 5.64. The highest BCUT2D eigenvalue weighted by Gasteiger charge is 2.33. The van der Waals surface area contributed by atoms with E-state index in [1.165, 1.54) is 12.1 Å². The van der Waals surface area contributed by atoms with Gasteiger partial charge in [-0.15, -0.1) is 0 Å². The van der Waals surface area contributed by atoms with Crippen LogP contribution in [0.25, 0.3) is 16.9 Å². The molecule has 7 nitrogen and oxygen atoms in total. The Balaban J connectivity index is 1.68. The molecule has 1 unspecified atom stereocenters. The third-order valence-electron chi connectivity index (χ3n) is 5.69. The topological polar surface area (TPSA) is 90.2 Å². The van der Waals surface area contributed by atoms with Crippen LogP contribution in [0.5, 0.6) is 0 Å². The summed E-state index contributed by atoms with van der Waals surface area (Å²) >= 11 is 0. The first-order valence-electron chi connectivity index (χ1n) is 9.79. The molecule has 2 N–H and O–H groups in total. The van der Waals surface area contributed by atoms with Gasteiger partial charge in [0.05, 0.1) is 16.3 Å². The third-order valence-corrected chi connectivity index (χ3v) is 5.69. The molecular formula is C22H25N5O2. The minimum atomic E-state index is -0.384. The van der Waals surface area contributed by atoms with Gasteiger partial charge in [0.25, 0.3) is 5.69 Å². The number of non-ortho nitro benzene ring substituents is 1. The number of nitrogens with zero attached hydrogens (tertiary/aromatic N) is 4. The van der Waals surface area contributed by atoms with Gasteiger partial charge in [-0.25, -0.2) is 4.68 Å². The van der Waals surface area contributed by atoms with E-state index in [2.05, 4.69) is 18.0 Å². The fourth-order valence-electron chi connectivity index (χ4n) is 3.89. The number of hydrogen-bond acceptors (Lipinski definition) is 5. The van der Waals surface area contributed by atoms with Crippen molar-refractivity contribution in [3.05, 3.63) is 76.5 Å². The van der Waals surface area contributed by atoms with E-state index in [1.807, 2.05) is 35.0 Å². The smallest absolute Gasteiger partial charge is 0.269 e. The van der Waals surface area contributed by atoms with Gasteiger partial charge in [0.2, 0.25) is 0 Å². The number of aromatic nitrogens is 2. The monoisotopic (exact) mass is 391 g/mol. The molecular weight excluding hydrogens is 366 g/mol. The molecule has 7 heteroatoms. The van der Waals surface area contributed by atoms with Crippen molar-refractivity contribution < 1.29 is 4.92 Å². The van der Waals surface area contributed by atoms with E-state index in [1.54, 1.807) is 12.1 Å². The Labute approximate surface area is 169 Å². The van der Waals surface area contributed by atoms with Crippen molar-refractivity contribution >= 4 is 5.69 Å². The van der Waals surface area contributed by atoms with E-state index in [-0.39, 0.29) is 16.0 Å². The summed E-state index contributed by atoms with van der Waals surface area (Å²) in [6, 6.07) is 16.6. The van der Waals surface area contributed by atoms with E-state index < -0.39 is 0 Å². The standard InChI is InChI=1S/C22H25N5O2/c1-22(15-23)11-12-25(16-22)13-18-14-26(19-5-3-2-4-6-19)24-21(18)17-7-9-20(10-8-17)27(28)29/h2-10,14H,11-13,15-16,23H2,1H3. The minimum Gasteiger partial charge on any atom is -0.330 e. The van der Waals surface area contributed by atoms with Gasteiger partial charge in [-0.1, -0.05) is 25.1 Å². The molecule has 1 aliphatic heterocycles. The summed E-state index contributed by atoms with van der Waals surface area (Å²) in [5.41, 5.74) is 10.0. The lowest BCUT2D eigenvalue weighted by atomic mass is 9.90. The zero-order chi connectivity index (χ0) is 20.4. The van der Waals surface area contributed by atoms with Gasteiger partial charge in [0.1, 0.15) is 0 Å². The number of nitro groups is 1. The summed E-state index contributed by atoms with van der Waals surface area (Å²) in [6.45, 7) is 5.65. The molecule has 0 saturated carbocycles. The average molecular weight is 391 g/mol. The van der Waals surface area contributed by atoms with Crippen molar-refractivity contribution in [2.45, 2.75) is 19.9 Å². The number of benzene rings is 2. The maximum atomic E-state index is 11.0. The Morgan fingerprint density at radius 3 is 2.52 bits per heavy atom. The quantitative estimate of drug-likeness (QED) is 0.512. The Morgan fingerprint density at radius 2 is 1.90 bits per heavy atom. The van der Waals surface area contributed by atoms with Gasteiger partial charge in [-0.05, 0) is 49.2 Å². The lowest BCUT2D eigenvalue weighted by Gasteiger charge is -2.22. The first-order chi connectivity index (χ1) is 14.0. The van der Waals surface area contributed by atoms with Crippen molar-refractivity contribution in [1.82, 2.24) is 14.7 Å². The number of likely N-dealkylation sites (tertiary alicyclic amines) is 1. The highest BCUT2D eigenvalue weighted by atomic mass is 16.6. The van der Waals surface area contributed by atoms with Gasteiger partial charge in [-0.3, -0.25) is 15.0 Å². The molecule has 2 aromatic carbocycles. The van der Waals surface area contributed by atoms with Crippen LogP contribution in [-0.2, 0) is 6.54 Å². The van der Waals surface area contributed by atoms with E-state index in [0.29, 0.717) is 6.54 Å². The molecule has 2 heterocycles. The maximum Gasteiger partial charge on any atom is 0.269 e. The summed E-state index contributed by atoms with van der Waals surface area (Å²) in [5, 5.41) is 15.8. The third kappa shape index (κ3) is 4.06. The number of rotatable bonds is 6. The van der Waals surface area contributed by atoms with Crippen molar-refractivity contribution in [1.29, 1.82) is 0 Å². The molecule has 3 aromatic rings. The predicted octanol–water partition coefficient (Wildman–Crippen LogP) is 3.62. The Bertz CT molecular complexity index is 1000. The largest absolute Gasteiger partial charge is 0.330 e. The molecule has 1 aliphatic rings. The second-order valence-electron chi connectivity index (χ2n) is 8.06. The summed E-state index contributed by atoms with van der Waals surface area (Å²) in [6.07, 6.45) is 3.15. The van der Waals surface area contributed by atoms with Crippen molar-refractivity contribution in [2.75, 3.05) is 19.6 Å². The van der Waals surface area contributed by atoms with Crippen LogP contribution in [0.2, 0.25) is 0 Å².